The molecule has 22 heavy (non-hydrogen) atoms. The van der Waals surface area contributed by atoms with E-state index < -0.39 is 5.82 Å². The number of hydrogen-bond donors (Lipinski definition) is 0. The third kappa shape index (κ3) is 2.84. The molecular weight excluding hydrogens is 361 g/mol. The molecule has 0 radical (unpaired) electrons. The molecule has 1 aliphatic heterocycles. The van der Waals surface area contributed by atoms with Crippen molar-refractivity contribution < 1.29 is 9.18 Å². The van der Waals surface area contributed by atoms with Crippen molar-refractivity contribution in [1.82, 2.24) is 0 Å². The van der Waals surface area contributed by atoms with Crippen molar-refractivity contribution in [2.24, 2.45) is 0 Å². The lowest BCUT2D eigenvalue weighted by molar-refractivity contribution is -0.113. The Kier molecular flexibility index (Phi) is 4.36. The summed E-state index contributed by atoms with van der Waals surface area (Å²) in [6, 6.07) is 6.12. The second-order valence-corrected chi connectivity index (χ2v) is 7.61. The number of nitrogens with zero attached hydrogens (tertiary/aromatic N) is 1. The average Bonchev–Trinajstić information content (AvgIpc) is 2.99. The minimum absolute atomic E-state index is 0.0374. The molecule has 2 nitrogen and oxygen atoms in total. The molecule has 1 aliphatic rings. The third-order valence-electron chi connectivity index (χ3n) is 3.12. The van der Waals surface area contributed by atoms with Gasteiger partial charge in [-0.05, 0) is 48.2 Å². The highest BCUT2D eigenvalue weighted by molar-refractivity contribution is 8.27. The predicted molar refractivity (Wildman–Crippen MR) is 96.1 cm³/mol. The van der Waals surface area contributed by atoms with Crippen LogP contribution in [-0.4, -0.2) is 10.2 Å². The molecule has 1 saturated heterocycles. The number of thioether (sulfide) groups is 1. The van der Waals surface area contributed by atoms with E-state index in [2.05, 4.69) is 0 Å². The molecule has 0 aliphatic carbocycles. The Morgan fingerprint density at radius 1 is 1.36 bits per heavy atom. The number of carbonyl (C=O) groups is 1. The largest absolute Gasteiger partial charge is 0.270 e. The Labute approximate surface area is 145 Å². The lowest BCUT2D eigenvalue weighted by Crippen LogP contribution is -2.27. The van der Waals surface area contributed by atoms with E-state index in [0.717, 1.165) is 10.4 Å². The van der Waals surface area contributed by atoms with Gasteiger partial charge >= 0.3 is 0 Å². The van der Waals surface area contributed by atoms with Crippen molar-refractivity contribution in [3.8, 4) is 0 Å². The van der Waals surface area contributed by atoms with Crippen LogP contribution in [0.2, 0.25) is 5.02 Å². The second kappa shape index (κ2) is 6.12. The number of halogens is 2. The zero-order chi connectivity index (χ0) is 15.9. The number of rotatable bonds is 2. The SMILES string of the molecule is Cc1ccsc1/C=C1/SC(=S)N(c2ccc(F)c(Cl)c2)C1=O. The van der Waals surface area contributed by atoms with E-state index in [1.807, 2.05) is 24.4 Å². The summed E-state index contributed by atoms with van der Waals surface area (Å²) in [6.07, 6.45) is 1.84. The molecule has 1 fully saturated rings. The van der Waals surface area contributed by atoms with E-state index in [9.17, 15) is 9.18 Å². The van der Waals surface area contributed by atoms with Crippen LogP contribution in [0.3, 0.4) is 0 Å². The molecule has 2 aromatic rings. The van der Waals surface area contributed by atoms with Crippen LogP contribution in [0.25, 0.3) is 6.08 Å². The number of aryl methyl sites for hydroxylation is 1. The van der Waals surface area contributed by atoms with Crippen molar-refractivity contribution in [3.63, 3.8) is 0 Å². The van der Waals surface area contributed by atoms with Gasteiger partial charge in [0, 0.05) is 4.88 Å². The van der Waals surface area contributed by atoms with Gasteiger partial charge in [-0.2, -0.15) is 0 Å². The smallest absolute Gasteiger partial charge is 0.268 e. The maximum atomic E-state index is 13.3. The van der Waals surface area contributed by atoms with E-state index in [0.29, 0.717) is 14.9 Å². The van der Waals surface area contributed by atoms with Crippen molar-refractivity contribution in [2.75, 3.05) is 4.90 Å². The highest BCUT2D eigenvalue weighted by atomic mass is 35.5. The Hall–Kier alpha value is -1.21. The molecule has 1 aromatic carbocycles. The van der Waals surface area contributed by atoms with E-state index >= 15 is 0 Å². The molecule has 112 valence electrons. The van der Waals surface area contributed by atoms with Gasteiger partial charge in [-0.3, -0.25) is 9.69 Å². The minimum Gasteiger partial charge on any atom is -0.268 e. The number of carbonyl (C=O) groups excluding carboxylic acids is 1. The van der Waals surface area contributed by atoms with Gasteiger partial charge in [0.1, 0.15) is 5.82 Å². The summed E-state index contributed by atoms with van der Waals surface area (Å²) in [6.45, 7) is 1.99. The number of hydrogen-bond acceptors (Lipinski definition) is 4. The van der Waals surface area contributed by atoms with Gasteiger partial charge in [0.05, 0.1) is 15.6 Å². The first kappa shape index (κ1) is 15.7. The zero-order valence-electron chi connectivity index (χ0n) is 11.3. The van der Waals surface area contributed by atoms with Crippen LogP contribution in [0, 0.1) is 12.7 Å². The summed E-state index contributed by atoms with van der Waals surface area (Å²) in [5.41, 5.74) is 1.58. The second-order valence-electron chi connectivity index (χ2n) is 4.58. The monoisotopic (exact) mass is 369 g/mol. The molecule has 0 N–H and O–H groups in total. The number of thiocarbonyl (C=S) groups is 1. The minimum atomic E-state index is -0.527. The molecule has 0 atom stereocenters. The fraction of sp³-hybridized carbons (Fsp3) is 0.0667. The predicted octanol–water partition coefficient (Wildman–Crippen LogP) is 5.25. The number of anilines is 1. The van der Waals surface area contributed by atoms with Gasteiger partial charge in [0.25, 0.3) is 5.91 Å². The fourth-order valence-electron chi connectivity index (χ4n) is 1.97. The number of thiophene rings is 1. The quantitative estimate of drug-likeness (QED) is 0.532. The Balaban J connectivity index is 1.96. The van der Waals surface area contributed by atoms with Crippen LogP contribution >= 0.6 is 46.9 Å². The molecule has 0 bridgehead atoms. The molecule has 1 amide bonds. The Bertz CT molecular complexity index is 815. The third-order valence-corrected chi connectivity index (χ3v) is 5.68. The first-order chi connectivity index (χ1) is 10.5. The highest BCUT2D eigenvalue weighted by Gasteiger charge is 2.33. The number of benzene rings is 1. The molecule has 1 aromatic heterocycles. The summed E-state index contributed by atoms with van der Waals surface area (Å²) in [5, 5.41) is 1.94. The first-order valence-electron chi connectivity index (χ1n) is 6.24. The van der Waals surface area contributed by atoms with Crippen LogP contribution in [0.4, 0.5) is 10.1 Å². The number of amides is 1. The maximum absolute atomic E-state index is 13.3. The first-order valence-corrected chi connectivity index (χ1v) is 8.72. The standard InChI is InChI=1S/C15H9ClFNOS3/c1-8-4-5-21-12(8)7-13-14(19)18(15(20)22-13)9-2-3-11(17)10(16)6-9/h2-7H,1H3/b13-7+. The summed E-state index contributed by atoms with van der Waals surface area (Å²) in [7, 11) is 0. The van der Waals surface area contributed by atoms with Crippen molar-refractivity contribution in [3.05, 3.63) is 55.8 Å². The van der Waals surface area contributed by atoms with Gasteiger partial charge in [0.15, 0.2) is 4.32 Å². The van der Waals surface area contributed by atoms with Gasteiger partial charge in [-0.25, -0.2) is 4.39 Å². The van der Waals surface area contributed by atoms with Crippen molar-refractivity contribution in [1.29, 1.82) is 0 Å². The fourth-order valence-corrected chi connectivity index (χ4v) is 4.35. The Morgan fingerprint density at radius 3 is 2.77 bits per heavy atom. The summed E-state index contributed by atoms with van der Waals surface area (Å²) in [4.78, 5) is 15.5. The van der Waals surface area contributed by atoms with Crippen LogP contribution < -0.4 is 4.90 Å². The Morgan fingerprint density at radius 2 is 2.14 bits per heavy atom. The normalized spacial score (nSPS) is 16.9. The zero-order valence-corrected chi connectivity index (χ0v) is 14.5. The molecule has 2 heterocycles. The summed E-state index contributed by atoms with van der Waals surface area (Å²) in [5.74, 6) is -0.744. The van der Waals surface area contributed by atoms with E-state index in [1.54, 1.807) is 11.3 Å². The molecule has 0 spiro atoms. The van der Waals surface area contributed by atoms with Crippen LogP contribution in [0.15, 0.2) is 34.6 Å². The highest BCUT2D eigenvalue weighted by Crippen LogP contribution is 2.37. The summed E-state index contributed by atoms with van der Waals surface area (Å²) < 4.78 is 13.7. The van der Waals surface area contributed by atoms with Crippen LogP contribution in [0.1, 0.15) is 10.4 Å². The van der Waals surface area contributed by atoms with Gasteiger partial charge in [-0.1, -0.05) is 35.6 Å². The van der Waals surface area contributed by atoms with Gasteiger partial charge < -0.3 is 0 Å². The van der Waals surface area contributed by atoms with Crippen LogP contribution in [0.5, 0.6) is 0 Å². The van der Waals surface area contributed by atoms with E-state index in [1.165, 1.54) is 34.9 Å². The van der Waals surface area contributed by atoms with Crippen molar-refractivity contribution in [2.45, 2.75) is 6.92 Å². The molecule has 3 rings (SSSR count). The molecule has 0 saturated carbocycles. The van der Waals surface area contributed by atoms with Crippen molar-refractivity contribution >= 4 is 68.9 Å². The maximum Gasteiger partial charge on any atom is 0.270 e. The van der Waals surface area contributed by atoms with E-state index in [-0.39, 0.29) is 10.9 Å². The lowest BCUT2D eigenvalue weighted by atomic mass is 10.2. The average molecular weight is 370 g/mol. The molecular formula is C15H9ClFNOS3. The van der Waals surface area contributed by atoms with Crippen LogP contribution in [-0.2, 0) is 4.79 Å². The summed E-state index contributed by atoms with van der Waals surface area (Å²) >= 11 is 13.9. The van der Waals surface area contributed by atoms with E-state index in [4.69, 9.17) is 23.8 Å². The lowest BCUT2D eigenvalue weighted by Gasteiger charge is -2.14. The van der Waals surface area contributed by atoms with Gasteiger partial charge in [-0.15, -0.1) is 11.3 Å². The topological polar surface area (TPSA) is 20.3 Å². The molecule has 0 unspecified atom stereocenters. The molecule has 7 heteroatoms. The van der Waals surface area contributed by atoms with Gasteiger partial charge in [0.2, 0.25) is 0 Å².